The molecule has 102 valence electrons. The molecule has 3 nitrogen and oxygen atoms in total. The van der Waals surface area contributed by atoms with E-state index in [1.807, 2.05) is 16.8 Å². The van der Waals surface area contributed by atoms with Crippen LogP contribution in [0.1, 0.15) is 42.5 Å². The van der Waals surface area contributed by atoms with Crippen LogP contribution in [0.5, 0.6) is 0 Å². The molecule has 0 aliphatic heterocycles. The van der Waals surface area contributed by atoms with Crippen molar-refractivity contribution in [3.05, 3.63) is 52.8 Å². The number of benzene rings is 1. The minimum absolute atomic E-state index is 0.491. The van der Waals surface area contributed by atoms with E-state index < -0.39 is 6.10 Å². The smallest absolute Gasteiger partial charge is 0.0996 e. The SMILES string of the molecule is CCc1cc(C(O)Cc2cccc(C)c2)n(CC)n1. The summed E-state index contributed by atoms with van der Waals surface area (Å²) in [6.45, 7) is 7.00. The number of hydrogen-bond acceptors (Lipinski definition) is 2. The van der Waals surface area contributed by atoms with Gasteiger partial charge in [-0.1, -0.05) is 36.8 Å². The van der Waals surface area contributed by atoms with Gasteiger partial charge in [0.25, 0.3) is 0 Å². The Morgan fingerprint density at radius 3 is 2.68 bits per heavy atom. The van der Waals surface area contributed by atoms with Crippen molar-refractivity contribution < 1.29 is 5.11 Å². The molecule has 0 spiro atoms. The van der Waals surface area contributed by atoms with E-state index in [0.29, 0.717) is 6.42 Å². The van der Waals surface area contributed by atoms with Gasteiger partial charge in [0, 0.05) is 13.0 Å². The van der Waals surface area contributed by atoms with Crippen molar-refractivity contribution in [2.24, 2.45) is 0 Å². The summed E-state index contributed by atoms with van der Waals surface area (Å²) in [5, 5.41) is 14.9. The van der Waals surface area contributed by atoms with Crippen LogP contribution in [0.25, 0.3) is 0 Å². The van der Waals surface area contributed by atoms with Crippen molar-refractivity contribution in [1.29, 1.82) is 0 Å². The molecule has 0 amide bonds. The fourth-order valence-electron chi connectivity index (χ4n) is 2.35. The quantitative estimate of drug-likeness (QED) is 0.895. The van der Waals surface area contributed by atoms with E-state index in [9.17, 15) is 5.11 Å². The molecule has 0 saturated carbocycles. The van der Waals surface area contributed by atoms with Crippen LogP contribution in [0, 0.1) is 6.92 Å². The molecule has 0 fully saturated rings. The molecule has 0 aliphatic carbocycles. The molecule has 1 aromatic carbocycles. The molecule has 0 saturated heterocycles. The molecule has 0 radical (unpaired) electrons. The first-order valence-corrected chi connectivity index (χ1v) is 6.94. The van der Waals surface area contributed by atoms with Crippen molar-refractivity contribution in [1.82, 2.24) is 9.78 Å². The van der Waals surface area contributed by atoms with Gasteiger partial charge in [-0.3, -0.25) is 4.68 Å². The Morgan fingerprint density at radius 1 is 1.26 bits per heavy atom. The topological polar surface area (TPSA) is 38.0 Å². The summed E-state index contributed by atoms with van der Waals surface area (Å²) in [5.74, 6) is 0. The number of nitrogens with zero attached hydrogens (tertiary/aromatic N) is 2. The van der Waals surface area contributed by atoms with Crippen LogP contribution >= 0.6 is 0 Å². The zero-order chi connectivity index (χ0) is 13.8. The average molecular weight is 258 g/mol. The average Bonchev–Trinajstić information content (AvgIpc) is 2.82. The highest BCUT2D eigenvalue weighted by Gasteiger charge is 2.15. The molecule has 3 heteroatoms. The molecular weight excluding hydrogens is 236 g/mol. The van der Waals surface area contributed by atoms with Crippen molar-refractivity contribution >= 4 is 0 Å². The summed E-state index contributed by atoms with van der Waals surface area (Å²) < 4.78 is 1.90. The third-order valence-electron chi connectivity index (χ3n) is 3.38. The first-order valence-electron chi connectivity index (χ1n) is 6.94. The van der Waals surface area contributed by atoms with E-state index in [1.165, 1.54) is 5.56 Å². The van der Waals surface area contributed by atoms with Gasteiger partial charge < -0.3 is 5.11 Å². The lowest BCUT2D eigenvalue weighted by Gasteiger charge is -2.12. The Bertz CT molecular complexity index is 545. The molecule has 1 N–H and O–H groups in total. The highest BCUT2D eigenvalue weighted by molar-refractivity contribution is 5.24. The van der Waals surface area contributed by atoms with Crippen LogP contribution in [-0.4, -0.2) is 14.9 Å². The van der Waals surface area contributed by atoms with Gasteiger partial charge in [0.2, 0.25) is 0 Å². The number of aliphatic hydroxyl groups excluding tert-OH is 1. The van der Waals surface area contributed by atoms with Gasteiger partial charge in [-0.05, 0) is 31.9 Å². The van der Waals surface area contributed by atoms with Crippen LogP contribution in [0.15, 0.2) is 30.3 Å². The molecule has 1 heterocycles. The maximum atomic E-state index is 10.4. The Balaban J connectivity index is 2.19. The van der Waals surface area contributed by atoms with Crippen molar-refractivity contribution in [2.45, 2.75) is 46.3 Å². The van der Waals surface area contributed by atoms with Crippen LogP contribution in [0.3, 0.4) is 0 Å². The van der Waals surface area contributed by atoms with Crippen molar-refractivity contribution in [2.75, 3.05) is 0 Å². The molecule has 1 unspecified atom stereocenters. The summed E-state index contributed by atoms with van der Waals surface area (Å²) in [4.78, 5) is 0. The summed E-state index contributed by atoms with van der Waals surface area (Å²) in [6.07, 6.45) is 1.04. The second-order valence-corrected chi connectivity index (χ2v) is 4.94. The van der Waals surface area contributed by atoms with Gasteiger partial charge in [0.1, 0.15) is 0 Å². The molecule has 0 bridgehead atoms. The molecule has 2 rings (SSSR count). The van der Waals surface area contributed by atoms with Crippen molar-refractivity contribution in [3.8, 4) is 0 Å². The fourth-order valence-corrected chi connectivity index (χ4v) is 2.35. The van der Waals surface area contributed by atoms with E-state index in [0.717, 1.165) is 29.9 Å². The lowest BCUT2D eigenvalue weighted by atomic mass is 10.0. The van der Waals surface area contributed by atoms with Gasteiger partial charge in [0.15, 0.2) is 0 Å². The Morgan fingerprint density at radius 2 is 2.05 bits per heavy atom. The maximum absolute atomic E-state index is 10.4. The first kappa shape index (κ1) is 13.8. The fraction of sp³-hybridized carbons (Fsp3) is 0.438. The second kappa shape index (κ2) is 6.02. The summed E-state index contributed by atoms with van der Waals surface area (Å²) in [7, 11) is 0. The Hall–Kier alpha value is -1.61. The molecular formula is C16H22N2O. The monoisotopic (exact) mass is 258 g/mol. The molecule has 1 aromatic heterocycles. The van der Waals surface area contributed by atoms with Gasteiger partial charge >= 0.3 is 0 Å². The number of rotatable bonds is 5. The van der Waals surface area contributed by atoms with Crippen LogP contribution < -0.4 is 0 Å². The third kappa shape index (κ3) is 3.24. The minimum atomic E-state index is -0.491. The van der Waals surface area contributed by atoms with Crippen LogP contribution in [0.4, 0.5) is 0 Å². The summed E-state index contributed by atoms with van der Waals surface area (Å²) in [6, 6.07) is 10.3. The number of hydrogen-bond donors (Lipinski definition) is 1. The highest BCUT2D eigenvalue weighted by atomic mass is 16.3. The van der Waals surface area contributed by atoms with E-state index in [-0.39, 0.29) is 0 Å². The Kier molecular flexibility index (Phi) is 4.38. The van der Waals surface area contributed by atoms with Gasteiger partial charge in [0.05, 0.1) is 17.5 Å². The highest BCUT2D eigenvalue weighted by Crippen LogP contribution is 2.20. The molecule has 1 atom stereocenters. The number of aliphatic hydroxyl groups is 1. The van der Waals surface area contributed by atoms with Crippen LogP contribution in [0.2, 0.25) is 0 Å². The first-order chi connectivity index (χ1) is 9.13. The molecule has 2 aromatic rings. The summed E-state index contributed by atoms with van der Waals surface area (Å²) in [5.41, 5.74) is 4.35. The number of aromatic nitrogens is 2. The van der Waals surface area contributed by atoms with Crippen LogP contribution in [-0.2, 0) is 19.4 Å². The third-order valence-corrected chi connectivity index (χ3v) is 3.38. The van der Waals surface area contributed by atoms with Gasteiger partial charge in [-0.25, -0.2) is 0 Å². The second-order valence-electron chi connectivity index (χ2n) is 4.94. The predicted molar refractivity (Wildman–Crippen MR) is 77.1 cm³/mol. The van der Waals surface area contributed by atoms with Gasteiger partial charge in [-0.15, -0.1) is 0 Å². The normalized spacial score (nSPS) is 12.6. The number of aryl methyl sites for hydroxylation is 3. The van der Waals surface area contributed by atoms with E-state index >= 15 is 0 Å². The molecule has 0 aliphatic rings. The zero-order valence-electron chi connectivity index (χ0n) is 11.9. The Labute approximate surface area is 114 Å². The lowest BCUT2D eigenvalue weighted by Crippen LogP contribution is -2.10. The van der Waals surface area contributed by atoms with Gasteiger partial charge in [-0.2, -0.15) is 5.10 Å². The maximum Gasteiger partial charge on any atom is 0.0996 e. The van der Waals surface area contributed by atoms with Crippen molar-refractivity contribution in [3.63, 3.8) is 0 Å². The van der Waals surface area contributed by atoms with E-state index in [1.54, 1.807) is 0 Å². The zero-order valence-corrected chi connectivity index (χ0v) is 11.9. The minimum Gasteiger partial charge on any atom is -0.386 e. The largest absolute Gasteiger partial charge is 0.386 e. The predicted octanol–water partition coefficient (Wildman–Crippen LogP) is 3.05. The molecule has 19 heavy (non-hydrogen) atoms. The van der Waals surface area contributed by atoms with E-state index in [4.69, 9.17) is 0 Å². The lowest BCUT2D eigenvalue weighted by molar-refractivity contribution is 0.167. The summed E-state index contributed by atoms with van der Waals surface area (Å²) >= 11 is 0. The van der Waals surface area contributed by atoms with E-state index in [2.05, 4.69) is 44.1 Å². The standard InChI is InChI=1S/C16H22N2O/c1-4-14-11-15(18(5-2)17-14)16(19)10-13-8-6-7-12(3)9-13/h6-9,11,16,19H,4-5,10H2,1-3H3.